The van der Waals surface area contributed by atoms with Gasteiger partial charge in [-0.1, -0.05) is 30.4 Å². The van der Waals surface area contributed by atoms with Crippen LogP contribution in [0.5, 0.6) is 0 Å². The van der Waals surface area contributed by atoms with Gasteiger partial charge in [0, 0.05) is 18.0 Å². The zero-order valence-electron chi connectivity index (χ0n) is 12.0. The molecule has 3 heteroatoms. The molecule has 0 saturated heterocycles. The number of hydrogen-bond acceptors (Lipinski definition) is 2. The highest BCUT2D eigenvalue weighted by molar-refractivity contribution is 5.97. The third kappa shape index (κ3) is 2.08. The van der Waals surface area contributed by atoms with Crippen molar-refractivity contribution in [1.82, 2.24) is 4.98 Å². The van der Waals surface area contributed by atoms with E-state index in [0.29, 0.717) is 11.6 Å². The van der Waals surface area contributed by atoms with Crippen molar-refractivity contribution in [2.45, 2.75) is 12.3 Å². The second kappa shape index (κ2) is 5.16. The second-order valence-corrected chi connectivity index (χ2v) is 6.13. The number of fused-ring (bicyclic) bond motifs is 2. The molecule has 1 aromatic carbocycles. The minimum atomic E-state index is -0.241. The van der Waals surface area contributed by atoms with Crippen molar-refractivity contribution in [2.24, 2.45) is 17.8 Å². The molecule has 2 aliphatic carbocycles. The fraction of sp³-hybridized carbons (Fsp3) is 0.263. The number of carbonyl (C=O) groups is 1. The number of carbonyl (C=O) groups excluding carboxylic acids is 1. The fourth-order valence-corrected chi connectivity index (χ4v) is 4.00. The molecule has 4 atom stereocenters. The zero-order chi connectivity index (χ0) is 15.1. The Hall–Kier alpha value is -2.29. The van der Waals surface area contributed by atoms with Gasteiger partial charge < -0.3 is 0 Å². The van der Waals surface area contributed by atoms with E-state index in [9.17, 15) is 9.18 Å². The normalized spacial score (nSPS) is 29.0. The Morgan fingerprint density at radius 1 is 1.05 bits per heavy atom. The van der Waals surface area contributed by atoms with E-state index in [4.69, 9.17) is 0 Å². The van der Waals surface area contributed by atoms with E-state index < -0.39 is 0 Å². The number of Topliss-reactive ketones (excluding diaryl/α,β-unsaturated/α-hetero) is 1. The van der Waals surface area contributed by atoms with Crippen LogP contribution in [-0.4, -0.2) is 10.8 Å². The number of aromatic nitrogens is 1. The maximum Gasteiger partial charge on any atom is 0.185 e. The first-order valence-electron chi connectivity index (χ1n) is 7.63. The van der Waals surface area contributed by atoms with Gasteiger partial charge in [-0.05, 0) is 48.1 Å². The summed E-state index contributed by atoms with van der Waals surface area (Å²) < 4.78 is 13.2. The van der Waals surface area contributed by atoms with Crippen molar-refractivity contribution < 1.29 is 9.18 Å². The summed E-state index contributed by atoms with van der Waals surface area (Å²) in [6.07, 6.45) is 7.03. The largest absolute Gasteiger partial charge is 0.292 e. The van der Waals surface area contributed by atoms with Crippen LogP contribution >= 0.6 is 0 Å². The molecule has 2 aliphatic rings. The summed E-state index contributed by atoms with van der Waals surface area (Å²) >= 11 is 0. The Kier molecular flexibility index (Phi) is 3.14. The van der Waals surface area contributed by atoms with E-state index in [0.717, 1.165) is 12.0 Å². The van der Waals surface area contributed by atoms with Crippen LogP contribution in [0.1, 0.15) is 28.4 Å². The molecular formula is C19H16FNO. The summed E-state index contributed by atoms with van der Waals surface area (Å²) in [6.45, 7) is 0. The number of allylic oxidation sites excluding steroid dienone is 2. The fourth-order valence-electron chi connectivity index (χ4n) is 4.00. The molecule has 1 fully saturated rings. The maximum atomic E-state index is 13.2. The lowest BCUT2D eigenvalue weighted by Crippen LogP contribution is -2.27. The first kappa shape index (κ1) is 13.4. The smallest absolute Gasteiger partial charge is 0.185 e. The van der Waals surface area contributed by atoms with Gasteiger partial charge in [-0.15, -0.1) is 0 Å². The van der Waals surface area contributed by atoms with Gasteiger partial charge >= 0.3 is 0 Å². The van der Waals surface area contributed by atoms with E-state index in [2.05, 4.69) is 17.1 Å². The standard InChI is InChI=1S/C19H16FNO/c20-15-8-6-12(7-9-15)17-13-4-5-14(11-13)18(17)19(22)16-3-1-2-10-21-16/h1-10,13-14,17-18H,11H2/t13-,14+,17+,18+/m1/s1. The van der Waals surface area contributed by atoms with Crippen molar-refractivity contribution in [2.75, 3.05) is 0 Å². The lowest BCUT2D eigenvalue weighted by molar-refractivity contribution is 0.0881. The van der Waals surface area contributed by atoms with Crippen LogP contribution in [0.25, 0.3) is 0 Å². The quantitative estimate of drug-likeness (QED) is 0.632. The van der Waals surface area contributed by atoms with Gasteiger partial charge in [0.1, 0.15) is 11.5 Å². The average Bonchev–Trinajstić information content (AvgIpc) is 3.17. The highest BCUT2D eigenvalue weighted by Gasteiger charge is 2.48. The summed E-state index contributed by atoms with van der Waals surface area (Å²) in [4.78, 5) is 17.1. The van der Waals surface area contributed by atoms with Crippen LogP contribution in [-0.2, 0) is 0 Å². The van der Waals surface area contributed by atoms with Crippen LogP contribution < -0.4 is 0 Å². The molecule has 22 heavy (non-hydrogen) atoms. The first-order chi connectivity index (χ1) is 10.7. The lowest BCUT2D eigenvalue weighted by atomic mass is 9.75. The molecule has 0 spiro atoms. The zero-order valence-corrected chi connectivity index (χ0v) is 12.0. The SMILES string of the molecule is O=C(c1ccccn1)[C@@H]1[C@@H](c2ccc(F)cc2)[C@@H]2C=C[C@H]1C2. The Labute approximate surface area is 128 Å². The Bertz CT molecular complexity index is 723. The highest BCUT2D eigenvalue weighted by Crippen LogP contribution is 2.53. The molecule has 2 bridgehead atoms. The van der Waals surface area contributed by atoms with Crippen molar-refractivity contribution in [3.05, 3.63) is 77.9 Å². The molecule has 1 aromatic heterocycles. The summed E-state index contributed by atoms with van der Waals surface area (Å²) in [5.74, 6) is 0.546. The predicted octanol–water partition coefficient (Wildman–Crippen LogP) is 4.01. The van der Waals surface area contributed by atoms with Crippen LogP contribution in [0.2, 0.25) is 0 Å². The van der Waals surface area contributed by atoms with Gasteiger partial charge in [-0.2, -0.15) is 0 Å². The molecule has 0 N–H and O–H groups in total. The molecule has 0 amide bonds. The van der Waals surface area contributed by atoms with E-state index in [1.807, 2.05) is 24.3 Å². The van der Waals surface area contributed by atoms with Gasteiger partial charge in [0.05, 0.1) is 0 Å². The topological polar surface area (TPSA) is 30.0 Å². The van der Waals surface area contributed by atoms with Crippen LogP contribution in [0.15, 0.2) is 60.8 Å². The van der Waals surface area contributed by atoms with Gasteiger partial charge in [0.2, 0.25) is 0 Å². The summed E-state index contributed by atoms with van der Waals surface area (Å²) in [5, 5.41) is 0. The number of benzene rings is 1. The summed E-state index contributed by atoms with van der Waals surface area (Å²) in [6, 6.07) is 12.0. The molecule has 1 saturated carbocycles. The van der Waals surface area contributed by atoms with Crippen LogP contribution in [0.4, 0.5) is 4.39 Å². The monoisotopic (exact) mass is 293 g/mol. The molecule has 0 aliphatic heterocycles. The van der Waals surface area contributed by atoms with E-state index >= 15 is 0 Å². The minimum absolute atomic E-state index is 0.0876. The molecule has 2 nitrogen and oxygen atoms in total. The molecule has 2 aromatic rings. The second-order valence-electron chi connectivity index (χ2n) is 6.13. The first-order valence-corrected chi connectivity index (χ1v) is 7.63. The molecular weight excluding hydrogens is 277 g/mol. The Balaban J connectivity index is 1.72. The van der Waals surface area contributed by atoms with Crippen molar-refractivity contribution >= 4 is 5.78 Å². The third-order valence-corrected chi connectivity index (χ3v) is 4.93. The van der Waals surface area contributed by atoms with Gasteiger partial charge in [-0.25, -0.2) is 4.39 Å². The molecule has 110 valence electrons. The number of ketones is 1. The molecule has 4 rings (SSSR count). The maximum absolute atomic E-state index is 13.2. The van der Waals surface area contributed by atoms with Crippen LogP contribution in [0.3, 0.4) is 0 Å². The Morgan fingerprint density at radius 3 is 2.55 bits per heavy atom. The number of halogens is 1. The molecule has 0 radical (unpaired) electrons. The predicted molar refractivity (Wildman–Crippen MR) is 81.9 cm³/mol. The van der Waals surface area contributed by atoms with Gasteiger partial charge in [0.15, 0.2) is 5.78 Å². The van der Waals surface area contributed by atoms with Gasteiger partial charge in [0.25, 0.3) is 0 Å². The van der Waals surface area contributed by atoms with E-state index in [1.165, 1.54) is 12.1 Å². The number of hydrogen-bond donors (Lipinski definition) is 0. The van der Waals surface area contributed by atoms with Gasteiger partial charge in [-0.3, -0.25) is 9.78 Å². The Morgan fingerprint density at radius 2 is 1.82 bits per heavy atom. The highest BCUT2D eigenvalue weighted by atomic mass is 19.1. The molecule has 0 unspecified atom stereocenters. The number of nitrogens with zero attached hydrogens (tertiary/aromatic N) is 1. The summed E-state index contributed by atoms with van der Waals surface area (Å²) in [7, 11) is 0. The van der Waals surface area contributed by atoms with Crippen molar-refractivity contribution in [3.8, 4) is 0 Å². The van der Waals surface area contributed by atoms with Crippen molar-refractivity contribution in [3.63, 3.8) is 0 Å². The van der Waals surface area contributed by atoms with Crippen molar-refractivity contribution in [1.29, 1.82) is 0 Å². The number of pyridine rings is 1. The average molecular weight is 293 g/mol. The molecule has 1 heterocycles. The minimum Gasteiger partial charge on any atom is -0.292 e. The van der Waals surface area contributed by atoms with Crippen LogP contribution in [0, 0.1) is 23.6 Å². The third-order valence-electron chi connectivity index (χ3n) is 4.93. The number of rotatable bonds is 3. The lowest BCUT2D eigenvalue weighted by Gasteiger charge is -2.27. The summed E-state index contributed by atoms with van der Waals surface area (Å²) in [5.41, 5.74) is 1.58. The van der Waals surface area contributed by atoms with E-state index in [-0.39, 0.29) is 29.4 Å². The van der Waals surface area contributed by atoms with E-state index in [1.54, 1.807) is 12.3 Å².